The van der Waals surface area contributed by atoms with Crippen LogP contribution in [0.15, 0.2) is 0 Å². The van der Waals surface area contributed by atoms with Crippen molar-refractivity contribution in [3.63, 3.8) is 0 Å². The van der Waals surface area contributed by atoms with Crippen LogP contribution in [0, 0.1) is 0 Å². The lowest BCUT2D eigenvalue weighted by Gasteiger charge is -2.24. The maximum Gasteiger partial charge on any atom is 0.317 e. The number of hydrogen-bond donors (Lipinski definition) is 2. The smallest absolute Gasteiger partial charge is 0.317 e. The monoisotopic (exact) mass is 257 g/mol. The fraction of sp³-hybridized carbons (Fsp3) is 0.923. The number of aliphatic hydroxyl groups is 1. The quantitative estimate of drug-likeness (QED) is 0.712. The van der Waals surface area contributed by atoms with Crippen molar-refractivity contribution in [2.75, 3.05) is 39.8 Å². The molecule has 0 radical (unpaired) electrons. The molecule has 0 aromatic carbocycles. The number of likely N-dealkylation sites (N-methyl/N-ethyl adjacent to an activating group) is 1. The molecule has 1 rings (SSSR count). The van der Waals surface area contributed by atoms with E-state index in [2.05, 4.69) is 24.2 Å². The Morgan fingerprint density at radius 3 is 2.94 bits per heavy atom. The van der Waals surface area contributed by atoms with Crippen LogP contribution in [0.2, 0.25) is 0 Å². The minimum Gasteiger partial charge on any atom is -0.394 e. The Bertz CT molecular complexity index is 248. The van der Waals surface area contributed by atoms with E-state index in [-0.39, 0.29) is 18.7 Å². The Balaban J connectivity index is 2.16. The molecule has 1 unspecified atom stereocenters. The largest absolute Gasteiger partial charge is 0.394 e. The molecule has 18 heavy (non-hydrogen) atoms. The van der Waals surface area contributed by atoms with Gasteiger partial charge in [0.2, 0.25) is 0 Å². The molecule has 0 aromatic rings. The van der Waals surface area contributed by atoms with Crippen molar-refractivity contribution in [3.8, 4) is 0 Å². The van der Waals surface area contributed by atoms with Crippen LogP contribution in [0.3, 0.4) is 0 Å². The van der Waals surface area contributed by atoms with E-state index in [1.54, 1.807) is 4.90 Å². The molecule has 0 saturated carbocycles. The second-order valence-electron chi connectivity index (χ2n) is 5.06. The van der Waals surface area contributed by atoms with Gasteiger partial charge in [0.1, 0.15) is 0 Å². The van der Waals surface area contributed by atoms with Crippen molar-refractivity contribution in [3.05, 3.63) is 0 Å². The topological polar surface area (TPSA) is 55.8 Å². The third-order valence-electron chi connectivity index (χ3n) is 3.51. The fourth-order valence-electron chi connectivity index (χ4n) is 2.29. The Kier molecular flexibility index (Phi) is 7.05. The zero-order valence-electron chi connectivity index (χ0n) is 11.7. The molecular weight excluding hydrogens is 230 g/mol. The molecule has 1 aliphatic heterocycles. The number of rotatable bonds is 7. The van der Waals surface area contributed by atoms with E-state index in [4.69, 9.17) is 5.11 Å². The first-order valence-corrected chi connectivity index (χ1v) is 7.03. The zero-order valence-corrected chi connectivity index (χ0v) is 11.7. The Morgan fingerprint density at radius 1 is 1.50 bits per heavy atom. The van der Waals surface area contributed by atoms with Gasteiger partial charge in [-0.1, -0.05) is 13.3 Å². The summed E-state index contributed by atoms with van der Waals surface area (Å²) >= 11 is 0. The van der Waals surface area contributed by atoms with E-state index in [0.29, 0.717) is 6.54 Å². The maximum absolute atomic E-state index is 11.9. The maximum atomic E-state index is 11.9. The summed E-state index contributed by atoms with van der Waals surface area (Å²) in [6.45, 7) is 5.65. The van der Waals surface area contributed by atoms with Gasteiger partial charge in [0.15, 0.2) is 0 Å². The van der Waals surface area contributed by atoms with Crippen LogP contribution in [0.25, 0.3) is 0 Å². The molecule has 0 bridgehead atoms. The fourth-order valence-corrected chi connectivity index (χ4v) is 2.29. The second-order valence-corrected chi connectivity index (χ2v) is 5.06. The highest BCUT2D eigenvalue weighted by molar-refractivity contribution is 5.74. The van der Waals surface area contributed by atoms with Gasteiger partial charge in [0.05, 0.1) is 12.6 Å². The van der Waals surface area contributed by atoms with Crippen LogP contribution >= 0.6 is 0 Å². The summed E-state index contributed by atoms with van der Waals surface area (Å²) in [5.41, 5.74) is 0. The molecular formula is C13H27N3O2. The molecule has 1 atom stereocenters. The highest BCUT2D eigenvalue weighted by Crippen LogP contribution is 2.16. The third-order valence-corrected chi connectivity index (χ3v) is 3.51. The standard InChI is InChI=1S/C13H27N3O2/c1-3-4-8-15(2)10-7-14-13(18)16-9-5-6-12(16)11-17/h12,17H,3-11H2,1-2H3,(H,14,18). The van der Waals surface area contributed by atoms with E-state index in [1.807, 2.05) is 0 Å². The number of aliphatic hydroxyl groups excluding tert-OH is 1. The van der Waals surface area contributed by atoms with Crippen molar-refractivity contribution in [2.45, 2.75) is 38.6 Å². The summed E-state index contributed by atoms with van der Waals surface area (Å²) in [5.74, 6) is 0. The predicted octanol–water partition coefficient (Wildman–Crippen LogP) is 0.885. The van der Waals surface area contributed by atoms with Crippen molar-refractivity contribution in [1.29, 1.82) is 0 Å². The number of nitrogens with zero attached hydrogens (tertiary/aromatic N) is 2. The predicted molar refractivity (Wildman–Crippen MR) is 72.6 cm³/mol. The van der Waals surface area contributed by atoms with Gasteiger partial charge < -0.3 is 20.2 Å². The lowest BCUT2D eigenvalue weighted by Crippen LogP contribution is -2.46. The number of hydrogen-bond acceptors (Lipinski definition) is 3. The molecule has 0 aromatic heterocycles. The Hall–Kier alpha value is -0.810. The first kappa shape index (κ1) is 15.2. The SMILES string of the molecule is CCCCN(C)CCNC(=O)N1CCCC1CO. The second kappa shape index (κ2) is 8.32. The normalized spacial score (nSPS) is 19.6. The molecule has 5 heteroatoms. The number of carbonyl (C=O) groups excluding carboxylic acids is 1. The average molecular weight is 257 g/mol. The van der Waals surface area contributed by atoms with Crippen LogP contribution in [0.1, 0.15) is 32.6 Å². The number of nitrogens with one attached hydrogen (secondary N) is 1. The van der Waals surface area contributed by atoms with Crippen molar-refractivity contribution < 1.29 is 9.90 Å². The summed E-state index contributed by atoms with van der Waals surface area (Å²) in [6.07, 6.45) is 4.31. The number of amides is 2. The lowest BCUT2D eigenvalue weighted by atomic mass is 10.2. The van der Waals surface area contributed by atoms with Crippen LogP contribution in [-0.2, 0) is 0 Å². The van der Waals surface area contributed by atoms with Crippen molar-refractivity contribution in [1.82, 2.24) is 15.1 Å². The van der Waals surface area contributed by atoms with Crippen LogP contribution in [0.4, 0.5) is 4.79 Å². The summed E-state index contributed by atoms with van der Waals surface area (Å²) in [5, 5.41) is 12.1. The summed E-state index contributed by atoms with van der Waals surface area (Å²) < 4.78 is 0. The van der Waals surface area contributed by atoms with Crippen molar-refractivity contribution >= 4 is 6.03 Å². The summed E-state index contributed by atoms with van der Waals surface area (Å²) in [7, 11) is 2.08. The van der Waals surface area contributed by atoms with Crippen LogP contribution < -0.4 is 5.32 Å². The van der Waals surface area contributed by atoms with Gasteiger partial charge in [0, 0.05) is 19.6 Å². The third kappa shape index (κ3) is 4.82. The Morgan fingerprint density at radius 2 is 2.28 bits per heavy atom. The minimum atomic E-state index is -0.0320. The van der Waals surface area contributed by atoms with E-state index in [9.17, 15) is 4.79 Å². The molecule has 2 amide bonds. The number of likely N-dealkylation sites (tertiary alicyclic amines) is 1. The first-order valence-electron chi connectivity index (χ1n) is 7.03. The average Bonchev–Trinajstić information content (AvgIpc) is 2.84. The van der Waals surface area contributed by atoms with Crippen LogP contribution in [0.5, 0.6) is 0 Å². The highest BCUT2D eigenvalue weighted by atomic mass is 16.3. The molecule has 1 fully saturated rings. The molecule has 2 N–H and O–H groups in total. The molecule has 0 spiro atoms. The molecule has 5 nitrogen and oxygen atoms in total. The zero-order chi connectivity index (χ0) is 13.4. The van der Waals surface area contributed by atoms with E-state index >= 15 is 0 Å². The van der Waals surface area contributed by atoms with E-state index < -0.39 is 0 Å². The molecule has 0 aliphatic carbocycles. The van der Waals surface area contributed by atoms with Gasteiger partial charge in [-0.05, 0) is 32.9 Å². The number of unbranched alkanes of at least 4 members (excludes halogenated alkanes) is 1. The van der Waals surface area contributed by atoms with Gasteiger partial charge in [-0.25, -0.2) is 4.79 Å². The minimum absolute atomic E-state index is 0.0165. The van der Waals surface area contributed by atoms with Gasteiger partial charge >= 0.3 is 6.03 Å². The molecule has 1 saturated heterocycles. The molecule has 1 aliphatic rings. The van der Waals surface area contributed by atoms with Crippen LogP contribution in [-0.4, -0.2) is 66.8 Å². The summed E-state index contributed by atoms with van der Waals surface area (Å²) in [6, 6.07) is -0.0155. The Labute approximate surface area is 110 Å². The molecule has 1 heterocycles. The van der Waals surface area contributed by atoms with Gasteiger partial charge in [-0.15, -0.1) is 0 Å². The van der Waals surface area contributed by atoms with Gasteiger partial charge in [-0.3, -0.25) is 0 Å². The van der Waals surface area contributed by atoms with E-state index in [1.165, 1.54) is 12.8 Å². The molecule has 106 valence electrons. The van der Waals surface area contributed by atoms with Gasteiger partial charge in [0.25, 0.3) is 0 Å². The van der Waals surface area contributed by atoms with Crippen molar-refractivity contribution in [2.24, 2.45) is 0 Å². The first-order chi connectivity index (χ1) is 8.69. The number of urea groups is 1. The number of carbonyl (C=O) groups is 1. The summed E-state index contributed by atoms with van der Waals surface area (Å²) in [4.78, 5) is 15.9. The lowest BCUT2D eigenvalue weighted by molar-refractivity contribution is 0.156. The highest BCUT2D eigenvalue weighted by Gasteiger charge is 2.27. The van der Waals surface area contributed by atoms with E-state index in [0.717, 1.165) is 32.5 Å². The van der Waals surface area contributed by atoms with Gasteiger partial charge in [-0.2, -0.15) is 0 Å².